The molecule has 1 amide bonds. The largest absolute Gasteiger partial charge is 0.391 e. The molecule has 1 heterocycles. The molecule has 1 aromatic carbocycles. The summed E-state index contributed by atoms with van der Waals surface area (Å²) in [5, 5.41) is 14.7. The number of aliphatic hydroxyl groups is 1. The van der Waals surface area contributed by atoms with Gasteiger partial charge in [0.05, 0.1) is 12.0 Å². The molecule has 0 bridgehead atoms. The number of hydrogen-bond acceptors (Lipinski definition) is 3. The number of carbonyl (C=O) groups excluding carboxylic acids is 1. The second kappa shape index (κ2) is 7.22. The van der Waals surface area contributed by atoms with Gasteiger partial charge in [-0.15, -0.1) is 11.3 Å². The molecule has 1 aromatic heterocycles. The number of benzene rings is 1. The first-order chi connectivity index (χ1) is 9.66. The molecule has 3 nitrogen and oxygen atoms in total. The van der Waals surface area contributed by atoms with Gasteiger partial charge in [-0.1, -0.05) is 36.4 Å². The van der Waals surface area contributed by atoms with E-state index >= 15 is 0 Å². The van der Waals surface area contributed by atoms with Crippen LogP contribution < -0.4 is 5.32 Å². The molecule has 20 heavy (non-hydrogen) atoms. The van der Waals surface area contributed by atoms with Gasteiger partial charge in [0.25, 0.3) is 0 Å². The van der Waals surface area contributed by atoms with Gasteiger partial charge in [-0.2, -0.15) is 0 Å². The number of amides is 1. The molecule has 0 saturated carbocycles. The molecule has 2 rings (SSSR count). The lowest BCUT2D eigenvalue weighted by atomic mass is 10.1. The molecule has 2 aromatic rings. The molecule has 2 unspecified atom stereocenters. The van der Waals surface area contributed by atoms with Gasteiger partial charge in [0.15, 0.2) is 0 Å². The van der Waals surface area contributed by atoms with Crippen LogP contribution in [-0.2, 0) is 11.2 Å². The van der Waals surface area contributed by atoms with E-state index in [4.69, 9.17) is 0 Å². The molecule has 0 aliphatic carbocycles. The van der Waals surface area contributed by atoms with E-state index in [9.17, 15) is 9.90 Å². The van der Waals surface area contributed by atoms with Gasteiger partial charge in [-0.25, -0.2) is 0 Å². The zero-order valence-corrected chi connectivity index (χ0v) is 12.3. The fourth-order valence-electron chi connectivity index (χ4n) is 2.00. The minimum absolute atomic E-state index is 0.0421. The summed E-state index contributed by atoms with van der Waals surface area (Å²) in [7, 11) is 0. The van der Waals surface area contributed by atoms with Crippen molar-refractivity contribution < 1.29 is 9.90 Å². The van der Waals surface area contributed by atoms with Crippen LogP contribution in [0.5, 0.6) is 0 Å². The van der Waals surface area contributed by atoms with Crippen LogP contribution >= 0.6 is 11.3 Å². The van der Waals surface area contributed by atoms with Gasteiger partial charge in [0, 0.05) is 17.8 Å². The predicted octanol–water partition coefficient (Wildman–Crippen LogP) is 2.57. The Morgan fingerprint density at radius 3 is 2.65 bits per heavy atom. The van der Waals surface area contributed by atoms with E-state index in [1.54, 1.807) is 11.3 Å². The van der Waals surface area contributed by atoms with E-state index in [1.165, 1.54) is 0 Å². The summed E-state index contributed by atoms with van der Waals surface area (Å²) in [4.78, 5) is 13.0. The Kier molecular flexibility index (Phi) is 5.32. The van der Waals surface area contributed by atoms with E-state index in [2.05, 4.69) is 5.32 Å². The Labute approximate surface area is 123 Å². The second-order valence-electron chi connectivity index (χ2n) is 4.83. The summed E-state index contributed by atoms with van der Waals surface area (Å²) in [6.45, 7) is 2.16. The number of thiophene rings is 1. The molecule has 0 aliphatic heterocycles. The highest BCUT2D eigenvalue weighted by atomic mass is 32.1. The van der Waals surface area contributed by atoms with Crippen LogP contribution in [0.1, 0.15) is 23.3 Å². The van der Waals surface area contributed by atoms with Crippen LogP contribution in [-0.4, -0.2) is 23.7 Å². The van der Waals surface area contributed by atoms with Crippen LogP contribution in [0.4, 0.5) is 0 Å². The normalized spacial score (nSPS) is 13.7. The lowest BCUT2D eigenvalue weighted by Crippen LogP contribution is -2.35. The summed E-state index contributed by atoms with van der Waals surface area (Å²) in [5.41, 5.74) is 1.07. The first-order valence-electron chi connectivity index (χ1n) is 6.70. The Bertz CT molecular complexity index is 525. The summed E-state index contributed by atoms with van der Waals surface area (Å²) < 4.78 is 0. The monoisotopic (exact) mass is 289 g/mol. The highest BCUT2D eigenvalue weighted by Crippen LogP contribution is 2.20. The number of nitrogens with one attached hydrogen (secondary N) is 1. The molecule has 0 saturated heterocycles. The first-order valence-corrected chi connectivity index (χ1v) is 7.58. The molecule has 106 valence electrons. The second-order valence-corrected chi connectivity index (χ2v) is 5.81. The summed E-state index contributed by atoms with van der Waals surface area (Å²) in [6.07, 6.45) is -0.00834. The molecule has 0 spiro atoms. The third kappa shape index (κ3) is 4.18. The van der Waals surface area contributed by atoms with Crippen molar-refractivity contribution in [3.63, 3.8) is 0 Å². The Balaban J connectivity index is 1.78. The fraction of sp³-hybridized carbons (Fsp3) is 0.312. The van der Waals surface area contributed by atoms with Gasteiger partial charge < -0.3 is 10.4 Å². The van der Waals surface area contributed by atoms with Gasteiger partial charge in [-0.3, -0.25) is 4.79 Å². The first kappa shape index (κ1) is 14.8. The quantitative estimate of drug-likeness (QED) is 0.858. The van der Waals surface area contributed by atoms with Gasteiger partial charge in [0.2, 0.25) is 5.91 Å². The van der Waals surface area contributed by atoms with Crippen molar-refractivity contribution in [3.05, 3.63) is 58.3 Å². The molecule has 2 N–H and O–H groups in total. The Morgan fingerprint density at radius 2 is 2.00 bits per heavy atom. The maximum atomic E-state index is 12.0. The van der Waals surface area contributed by atoms with E-state index in [0.29, 0.717) is 6.42 Å². The molecular formula is C16H19NO2S. The van der Waals surface area contributed by atoms with Crippen LogP contribution in [0.15, 0.2) is 47.8 Å². The fourth-order valence-corrected chi connectivity index (χ4v) is 2.78. The van der Waals surface area contributed by atoms with E-state index in [-0.39, 0.29) is 18.4 Å². The molecule has 4 heteroatoms. The third-order valence-electron chi connectivity index (χ3n) is 3.19. The summed E-state index contributed by atoms with van der Waals surface area (Å²) in [5.74, 6) is -0.210. The van der Waals surface area contributed by atoms with Crippen LogP contribution in [0.3, 0.4) is 0 Å². The lowest BCUT2D eigenvalue weighted by molar-refractivity contribution is -0.122. The maximum absolute atomic E-state index is 12.0. The summed E-state index contributed by atoms with van der Waals surface area (Å²) in [6, 6.07) is 13.7. The topological polar surface area (TPSA) is 49.3 Å². The van der Waals surface area contributed by atoms with Crippen molar-refractivity contribution in [2.75, 3.05) is 6.54 Å². The average molecular weight is 289 g/mol. The van der Waals surface area contributed by atoms with Crippen molar-refractivity contribution in [2.45, 2.75) is 25.4 Å². The molecule has 0 radical (unpaired) electrons. The van der Waals surface area contributed by atoms with Crippen LogP contribution in [0.25, 0.3) is 0 Å². The van der Waals surface area contributed by atoms with Gasteiger partial charge >= 0.3 is 0 Å². The van der Waals surface area contributed by atoms with Crippen molar-refractivity contribution >= 4 is 17.2 Å². The smallest absolute Gasteiger partial charge is 0.228 e. The Hall–Kier alpha value is -1.65. The van der Waals surface area contributed by atoms with E-state index in [1.807, 2.05) is 54.8 Å². The highest BCUT2D eigenvalue weighted by Gasteiger charge is 2.16. The maximum Gasteiger partial charge on any atom is 0.228 e. The molecule has 0 aliphatic rings. The third-order valence-corrected chi connectivity index (χ3v) is 4.24. The van der Waals surface area contributed by atoms with Crippen molar-refractivity contribution in [1.82, 2.24) is 5.32 Å². The number of aliphatic hydroxyl groups excluding tert-OH is 1. The van der Waals surface area contributed by atoms with Crippen LogP contribution in [0.2, 0.25) is 0 Å². The number of rotatable bonds is 6. The van der Waals surface area contributed by atoms with Crippen LogP contribution in [0, 0.1) is 0 Å². The van der Waals surface area contributed by atoms with Gasteiger partial charge in [-0.05, 0) is 23.9 Å². The predicted molar refractivity (Wildman–Crippen MR) is 81.9 cm³/mol. The van der Waals surface area contributed by atoms with Crippen molar-refractivity contribution in [3.8, 4) is 0 Å². The number of hydrogen-bond donors (Lipinski definition) is 2. The molecular weight excluding hydrogens is 270 g/mol. The average Bonchev–Trinajstić information content (AvgIpc) is 2.99. The molecule has 0 fully saturated rings. The standard InChI is InChI=1S/C16H19NO2S/c1-12(15-8-5-9-20-15)16(19)17-11-14(18)10-13-6-3-2-4-7-13/h2-9,12,14,18H,10-11H2,1H3,(H,17,19). The SMILES string of the molecule is CC(C(=O)NCC(O)Cc1ccccc1)c1cccs1. The lowest BCUT2D eigenvalue weighted by Gasteiger charge is -2.14. The minimum Gasteiger partial charge on any atom is -0.391 e. The molecule has 2 atom stereocenters. The van der Waals surface area contributed by atoms with Crippen molar-refractivity contribution in [2.24, 2.45) is 0 Å². The number of carbonyl (C=O) groups is 1. The van der Waals surface area contributed by atoms with E-state index in [0.717, 1.165) is 10.4 Å². The zero-order valence-electron chi connectivity index (χ0n) is 11.5. The highest BCUT2D eigenvalue weighted by molar-refractivity contribution is 7.10. The van der Waals surface area contributed by atoms with Crippen molar-refractivity contribution in [1.29, 1.82) is 0 Å². The summed E-state index contributed by atoms with van der Waals surface area (Å²) >= 11 is 1.57. The van der Waals surface area contributed by atoms with Gasteiger partial charge in [0.1, 0.15) is 0 Å². The Morgan fingerprint density at radius 1 is 1.25 bits per heavy atom. The minimum atomic E-state index is -0.558. The van der Waals surface area contributed by atoms with E-state index < -0.39 is 6.10 Å². The zero-order chi connectivity index (χ0) is 14.4.